The lowest BCUT2D eigenvalue weighted by Gasteiger charge is -2.16. The number of nitro benzene ring substituents is 1. The fourth-order valence-corrected chi connectivity index (χ4v) is 2.70. The van der Waals surface area contributed by atoms with Gasteiger partial charge in [0.05, 0.1) is 4.92 Å². The molecule has 0 aromatic heterocycles. The van der Waals surface area contributed by atoms with Gasteiger partial charge in [-0.25, -0.2) is 0 Å². The highest BCUT2D eigenvalue weighted by molar-refractivity contribution is 5.50. The summed E-state index contributed by atoms with van der Waals surface area (Å²) in [4.78, 5) is 10.3. The van der Waals surface area contributed by atoms with E-state index in [1.807, 2.05) is 6.07 Å². The zero-order valence-corrected chi connectivity index (χ0v) is 11.8. The molecular formula is C15H23N3O2. The van der Waals surface area contributed by atoms with Gasteiger partial charge in [0.15, 0.2) is 0 Å². The first kappa shape index (κ1) is 14.8. The second kappa shape index (κ2) is 7.85. The van der Waals surface area contributed by atoms with E-state index in [1.54, 1.807) is 12.1 Å². The molecule has 5 nitrogen and oxygen atoms in total. The minimum absolute atomic E-state index is 0.131. The number of non-ortho nitro benzene ring substituents is 1. The van der Waals surface area contributed by atoms with Crippen LogP contribution in [0.3, 0.4) is 0 Å². The third-order valence-corrected chi connectivity index (χ3v) is 3.80. The number of nitrogens with one attached hydrogen (secondary N) is 2. The van der Waals surface area contributed by atoms with Gasteiger partial charge in [0.1, 0.15) is 0 Å². The SMILES string of the molecule is O=[N+]([O-])c1cccc(NCCNC2CCCCCC2)c1. The molecule has 0 amide bonds. The number of benzene rings is 1. The van der Waals surface area contributed by atoms with E-state index < -0.39 is 0 Å². The van der Waals surface area contributed by atoms with Crippen molar-refractivity contribution >= 4 is 11.4 Å². The van der Waals surface area contributed by atoms with Crippen LogP contribution in [0.5, 0.6) is 0 Å². The zero-order chi connectivity index (χ0) is 14.2. The number of hydrogen-bond acceptors (Lipinski definition) is 4. The van der Waals surface area contributed by atoms with E-state index in [2.05, 4.69) is 10.6 Å². The zero-order valence-electron chi connectivity index (χ0n) is 11.8. The van der Waals surface area contributed by atoms with Crippen molar-refractivity contribution in [2.75, 3.05) is 18.4 Å². The summed E-state index contributed by atoms with van der Waals surface area (Å²) in [6.07, 6.45) is 7.94. The maximum atomic E-state index is 10.7. The van der Waals surface area contributed by atoms with Gasteiger partial charge in [-0.15, -0.1) is 0 Å². The Labute approximate surface area is 119 Å². The van der Waals surface area contributed by atoms with Crippen LogP contribution in [0, 0.1) is 10.1 Å². The standard InChI is InChI=1S/C15H23N3O2/c19-18(20)15-9-5-8-14(12-15)17-11-10-16-13-6-3-1-2-4-7-13/h5,8-9,12-13,16-17H,1-4,6-7,10-11H2. The third kappa shape index (κ3) is 4.81. The molecule has 2 N–H and O–H groups in total. The largest absolute Gasteiger partial charge is 0.384 e. The highest BCUT2D eigenvalue weighted by Crippen LogP contribution is 2.18. The number of nitro groups is 1. The highest BCUT2D eigenvalue weighted by Gasteiger charge is 2.10. The number of anilines is 1. The molecule has 0 radical (unpaired) electrons. The maximum Gasteiger partial charge on any atom is 0.271 e. The lowest BCUT2D eigenvalue weighted by molar-refractivity contribution is -0.384. The average molecular weight is 277 g/mol. The maximum absolute atomic E-state index is 10.7. The Kier molecular flexibility index (Phi) is 5.80. The molecule has 2 rings (SSSR count). The predicted molar refractivity (Wildman–Crippen MR) is 81.1 cm³/mol. The van der Waals surface area contributed by atoms with Gasteiger partial charge in [-0.05, 0) is 18.9 Å². The van der Waals surface area contributed by atoms with E-state index in [9.17, 15) is 10.1 Å². The first-order valence-corrected chi connectivity index (χ1v) is 7.47. The van der Waals surface area contributed by atoms with Crippen molar-refractivity contribution in [3.8, 4) is 0 Å². The van der Waals surface area contributed by atoms with Crippen molar-refractivity contribution < 1.29 is 4.92 Å². The molecule has 1 aliphatic rings. The first-order valence-electron chi connectivity index (χ1n) is 7.47. The fraction of sp³-hybridized carbons (Fsp3) is 0.600. The normalized spacial score (nSPS) is 16.6. The second-order valence-electron chi connectivity index (χ2n) is 5.38. The summed E-state index contributed by atoms with van der Waals surface area (Å²) in [7, 11) is 0. The molecule has 1 fully saturated rings. The molecule has 0 atom stereocenters. The predicted octanol–water partition coefficient (Wildman–Crippen LogP) is 3.32. The summed E-state index contributed by atoms with van der Waals surface area (Å²) in [5, 5.41) is 17.5. The van der Waals surface area contributed by atoms with Gasteiger partial charge in [-0.2, -0.15) is 0 Å². The van der Waals surface area contributed by atoms with E-state index in [4.69, 9.17) is 0 Å². The monoisotopic (exact) mass is 277 g/mol. The highest BCUT2D eigenvalue weighted by atomic mass is 16.6. The molecule has 1 aromatic rings. The smallest absolute Gasteiger partial charge is 0.271 e. The Morgan fingerprint density at radius 1 is 1.15 bits per heavy atom. The summed E-state index contributed by atoms with van der Waals surface area (Å²) in [5.74, 6) is 0. The molecule has 0 bridgehead atoms. The molecule has 0 aliphatic heterocycles. The topological polar surface area (TPSA) is 67.2 Å². The molecule has 1 saturated carbocycles. The molecule has 1 aliphatic carbocycles. The van der Waals surface area contributed by atoms with Gasteiger partial charge in [-0.1, -0.05) is 31.7 Å². The molecule has 20 heavy (non-hydrogen) atoms. The molecule has 110 valence electrons. The van der Waals surface area contributed by atoms with Crippen LogP contribution in [0.1, 0.15) is 38.5 Å². The third-order valence-electron chi connectivity index (χ3n) is 3.80. The van der Waals surface area contributed by atoms with Gasteiger partial charge in [0.2, 0.25) is 0 Å². The molecule has 0 heterocycles. The molecule has 0 spiro atoms. The molecular weight excluding hydrogens is 254 g/mol. The molecule has 1 aromatic carbocycles. The molecule has 5 heteroatoms. The van der Waals surface area contributed by atoms with Crippen LogP contribution in [0.15, 0.2) is 24.3 Å². The van der Waals surface area contributed by atoms with Gasteiger partial charge in [0, 0.05) is 37.0 Å². The average Bonchev–Trinajstić information content (AvgIpc) is 2.72. The van der Waals surface area contributed by atoms with Crippen LogP contribution < -0.4 is 10.6 Å². The minimum atomic E-state index is -0.366. The van der Waals surface area contributed by atoms with Gasteiger partial charge in [0.25, 0.3) is 5.69 Å². The van der Waals surface area contributed by atoms with Crippen molar-refractivity contribution in [3.05, 3.63) is 34.4 Å². The summed E-state index contributed by atoms with van der Waals surface area (Å²) >= 11 is 0. The number of rotatable bonds is 6. The Bertz CT molecular complexity index is 429. The Morgan fingerprint density at radius 2 is 1.90 bits per heavy atom. The van der Waals surface area contributed by atoms with Crippen molar-refractivity contribution in [3.63, 3.8) is 0 Å². The number of nitrogens with zero attached hydrogens (tertiary/aromatic N) is 1. The van der Waals surface area contributed by atoms with E-state index in [0.717, 1.165) is 18.8 Å². The second-order valence-corrected chi connectivity index (χ2v) is 5.38. The minimum Gasteiger partial charge on any atom is -0.384 e. The summed E-state index contributed by atoms with van der Waals surface area (Å²) in [5.41, 5.74) is 0.939. The van der Waals surface area contributed by atoms with Gasteiger partial charge >= 0.3 is 0 Å². The van der Waals surface area contributed by atoms with Crippen molar-refractivity contribution in [2.45, 2.75) is 44.6 Å². The van der Waals surface area contributed by atoms with E-state index in [-0.39, 0.29) is 10.6 Å². The Hall–Kier alpha value is -1.62. The van der Waals surface area contributed by atoms with Crippen LogP contribution in [0.4, 0.5) is 11.4 Å². The van der Waals surface area contributed by atoms with E-state index >= 15 is 0 Å². The van der Waals surface area contributed by atoms with E-state index in [0.29, 0.717) is 6.04 Å². The van der Waals surface area contributed by atoms with Gasteiger partial charge in [-0.3, -0.25) is 10.1 Å². The van der Waals surface area contributed by atoms with Gasteiger partial charge < -0.3 is 10.6 Å². The van der Waals surface area contributed by atoms with Crippen LogP contribution in [-0.4, -0.2) is 24.1 Å². The fourth-order valence-electron chi connectivity index (χ4n) is 2.70. The number of hydrogen-bond donors (Lipinski definition) is 2. The first-order chi connectivity index (χ1) is 9.75. The summed E-state index contributed by atoms with van der Waals surface area (Å²) in [6, 6.07) is 7.29. The summed E-state index contributed by atoms with van der Waals surface area (Å²) < 4.78 is 0. The summed E-state index contributed by atoms with van der Waals surface area (Å²) in [6.45, 7) is 1.69. The van der Waals surface area contributed by atoms with Crippen LogP contribution in [-0.2, 0) is 0 Å². The van der Waals surface area contributed by atoms with Crippen LogP contribution >= 0.6 is 0 Å². The Balaban J connectivity index is 1.70. The van der Waals surface area contributed by atoms with Crippen LogP contribution in [0.25, 0.3) is 0 Å². The van der Waals surface area contributed by atoms with Crippen LogP contribution in [0.2, 0.25) is 0 Å². The van der Waals surface area contributed by atoms with Crippen molar-refractivity contribution in [1.82, 2.24) is 5.32 Å². The quantitative estimate of drug-likeness (QED) is 0.362. The lowest BCUT2D eigenvalue weighted by atomic mass is 10.1. The van der Waals surface area contributed by atoms with Crippen molar-refractivity contribution in [2.24, 2.45) is 0 Å². The lowest BCUT2D eigenvalue weighted by Crippen LogP contribution is -2.32. The Morgan fingerprint density at radius 3 is 2.60 bits per heavy atom. The molecule has 0 unspecified atom stereocenters. The molecule has 0 saturated heterocycles. The van der Waals surface area contributed by atoms with Crippen molar-refractivity contribution in [1.29, 1.82) is 0 Å². The van der Waals surface area contributed by atoms with E-state index in [1.165, 1.54) is 44.6 Å².